The summed E-state index contributed by atoms with van der Waals surface area (Å²) < 4.78 is 6.15. The van der Waals surface area contributed by atoms with Gasteiger partial charge in [0.05, 0.1) is 12.6 Å². The van der Waals surface area contributed by atoms with E-state index in [0.29, 0.717) is 6.04 Å². The van der Waals surface area contributed by atoms with Crippen LogP contribution in [0.1, 0.15) is 58.6 Å². The van der Waals surface area contributed by atoms with E-state index in [0.717, 1.165) is 37.3 Å². The topological polar surface area (TPSA) is 48.9 Å². The van der Waals surface area contributed by atoms with Crippen LogP contribution >= 0.6 is 0 Å². The van der Waals surface area contributed by atoms with Gasteiger partial charge in [-0.25, -0.2) is 0 Å². The van der Waals surface area contributed by atoms with E-state index in [4.69, 9.17) is 9.73 Å². The highest BCUT2D eigenvalue weighted by Gasteiger charge is 2.34. The first-order valence-electron chi connectivity index (χ1n) is 9.94. The highest BCUT2D eigenvalue weighted by Crippen LogP contribution is 2.39. The number of fused-ring (bicyclic) bond motifs is 1. The number of nitrogens with one attached hydrogen (secondary N) is 2. The second kappa shape index (κ2) is 7.87. The molecule has 2 unspecified atom stereocenters. The molecule has 0 spiro atoms. The molecular formula is C21H34N4O. The van der Waals surface area contributed by atoms with E-state index >= 15 is 0 Å². The maximum atomic E-state index is 6.15. The molecule has 1 aromatic rings. The molecule has 1 fully saturated rings. The van der Waals surface area contributed by atoms with Crippen LogP contribution in [0.4, 0.5) is 0 Å². The molecular weight excluding hydrogens is 324 g/mol. The highest BCUT2D eigenvalue weighted by atomic mass is 16.5. The lowest BCUT2D eigenvalue weighted by atomic mass is 9.90. The summed E-state index contributed by atoms with van der Waals surface area (Å²) in [6, 6.07) is 9.73. The highest BCUT2D eigenvalue weighted by molar-refractivity contribution is 5.80. The Morgan fingerprint density at radius 2 is 2.08 bits per heavy atom. The van der Waals surface area contributed by atoms with E-state index in [1.165, 1.54) is 18.4 Å². The second-order valence-corrected chi connectivity index (χ2v) is 8.27. The summed E-state index contributed by atoms with van der Waals surface area (Å²) in [6.07, 6.45) is 3.57. The maximum absolute atomic E-state index is 6.15. The minimum atomic E-state index is -0.192. The number of hydrogen-bond donors (Lipinski definition) is 2. The Morgan fingerprint density at radius 3 is 2.77 bits per heavy atom. The van der Waals surface area contributed by atoms with Crippen molar-refractivity contribution < 1.29 is 4.74 Å². The van der Waals surface area contributed by atoms with Crippen molar-refractivity contribution >= 4 is 5.96 Å². The summed E-state index contributed by atoms with van der Waals surface area (Å²) in [5, 5.41) is 7.05. The second-order valence-electron chi connectivity index (χ2n) is 8.27. The van der Waals surface area contributed by atoms with Crippen LogP contribution in [0.25, 0.3) is 0 Å². The molecule has 0 bridgehead atoms. The van der Waals surface area contributed by atoms with Crippen molar-refractivity contribution in [3.05, 3.63) is 29.8 Å². The third kappa shape index (κ3) is 4.70. The van der Waals surface area contributed by atoms with Gasteiger partial charge in [0.1, 0.15) is 11.4 Å². The average molecular weight is 359 g/mol. The number of benzene rings is 1. The molecule has 1 heterocycles. The Labute approximate surface area is 158 Å². The van der Waals surface area contributed by atoms with E-state index in [1.807, 2.05) is 6.07 Å². The number of nitrogens with zero attached hydrogens (tertiary/aromatic N) is 2. The summed E-state index contributed by atoms with van der Waals surface area (Å²) >= 11 is 0. The number of para-hydroxylation sites is 1. The molecule has 0 saturated heterocycles. The van der Waals surface area contributed by atoms with Crippen LogP contribution in [-0.4, -0.2) is 48.7 Å². The van der Waals surface area contributed by atoms with Crippen LogP contribution < -0.4 is 15.4 Å². The Balaban J connectivity index is 1.71. The smallest absolute Gasteiger partial charge is 0.191 e. The molecule has 2 N–H and O–H groups in total. The molecule has 5 heteroatoms. The molecule has 1 aliphatic carbocycles. The number of guanidine groups is 1. The lowest BCUT2D eigenvalue weighted by Gasteiger charge is -2.38. The number of hydrogen-bond acceptors (Lipinski definition) is 3. The van der Waals surface area contributed by atoms with E-state index < -0.39 is 0 Å². The van der Waals surface area contributed by atoms with Crippen molar-refractivity contribution in [2.75, 3.05) is 20.1 Å². The predicted octanol–water partition coefficient (Wildman–Crippen LogP) is 3.33. The fraction of sp³-hybridized carbons (Fsp3) is 0.667. The normalized spacial score (nSPS) is 23.2. The zero-order chi connectivity index (χ0) is 18.7. The zero-order valence-corrected chi connectivity index (χ0v) is 16.9. The number of aliphatic imine (C=N–C) groups is 1. The van der Waals surface area contributed by atoms with Gasteiger partial charge in [0.15, 0.2) is 5.96 Å². The van der Waals surface area contributed by atoms with E-state index in [2.05, 4.69) is 68.5 Å². The molecule has 0 radical (unpaired) electrons. The number of likely N-dealkylation sites (N-methyl/N-ethyl adjacent to an activating group) is 1. The maximum Gasteiger partial charge on any atom is 0.191 e. The van der Waals surface area contributed by atoms with Crippen molar-refractivity contribution in [1.82, 2.24) is 15.5 Å². The SMILES string of the molecule is CCNC(=NCC(C)N(C)C1CC1)NC1CC(C)(C)Oc2ccccc21. The van der Waals surface area contributed by atoms with Crippen LogP contribution in [0, 0.1) is 0 Å². The van der Waals surface area contributed by atoms with E-state index in [9.17, 15) is 0 Å². The van der Waals surface area contributed by atoms with Crippen molar-refractivity contribution in [1.29, 1.82) is 0 Å². The Morgan fingerprint density at radius 1 is 1.35 bits per heavy atom. The summed E-state index contributed by atoms with van der Waals surface area (Å²) in [6.45, 7) is 10.3. The lowest BCUT2D eigenvalue weighted by Crippen LogP contribution is -2.46. The quantitative estimate of drug-likeness (QED) is 0.605. The fourth-order valence-corrected chi connectivity index (χ4v) is 3.61. The van der Waals surface area contributed by atoms with Gasteiger partial charge in [0, 0.05) is 30.6 Å². The van der Waals surface area contributed by atoms with Crippen LogP contribution in [0.2, 0.25) is 0 Å². The third-order valence-corrected chi connectivity index (χ3v) is 5.36. The van der Waals surface area contributed by atoms with Gasteiger partial charge in [0.2, 0.25) is 0 Å². The first-order chi connectivity index (χ1) is 12.4. The minimum Gasteiger partial charge on any atom is -0.487 e. The molecule has 2 atom stereocenters. The Bertz CT molecular complexity index is 639. The van der Waals surface area contributed by atoms with Crippen LogP contribution in [0.5, 0.6) is 5.75 Å². The zero-order valence-electron chi connectivity index (χ0n) is 16.9. The molecule has 26 heavy (non-hydrogen) atoms. The number of rotatable bonds is 6. The standard InChI is InChI=1S/C21H34N4O/c1-6-22-20(23-14-15(2)25(5)16-11-12-16)24-18-13-21(3,4)26-19-10-8-7-9-17(18)19/h7-10,15-16,18H,6,11-14H2,1-5H3,(H2,22,23,24). The Hall–Kier alpha value is -1.75. The average Bonchev–Trinajstić information content (AvgIpc) is 3.43. The molecule has 3 rings (SSSR count). The summed E-state index contributed by atoms with van der Waals surface area (Å²) in [5.41, 5.74) is 1.02. The van der Waals surface area contributed by atoms with Crippen molar-refractivity contribution in [2.45, 2.75) is 70.7 Å². The molecule has 0 amide bonds. The van der Waals surface area contributed by atoms with E-state index in [-0.39, 0.29) is 11.6 Å². The molecule has 0 aromatic heterocycles. The van der Waals surface area contributed by atoms with Crippen molar-refractivity contribution in [3.63, 3.8) is 0 Å². The molecule has 1 aromatic carbocycles. The van der Waals surface area contributed by atoms with Crippen molar-refractivity contribution in [2.24, 2.45) is 4.99 Å². The molecule has 1 saturated carbocycles. The van der Waals surface area contributed by atoms with Gasteiger partial charge < -0.3 is 15.4 Å². The van der Waals surface area contributed by atoms with Gasteiger partial charge in [-0.1, -0.05) is 18.2 Å². The van der Waals surface area contributed by atoms with Crippen molar-refractivity contribution in [3.8, 4) is 5.75 Å². The van der Waals surface area contributed by atoms with Crippen LogP contribution in [0.3, 0.4) is 0 Å². The van der Waals surface area contributed by atoms with Gasteiger partial charge in [0.25, 0.3) is 0 Å². The first kappa shape index (κ1) is 19.0. The monoisotopic (exact) mass is 358 g/mol. The summed E-state index contributed by atoms with van der Waals surface area (Å²) in [5.74, 6) is 1.86. The van der Waals surface area contributed by atoms with Gasteiger partial charge in [-0.05, 0) is 53.7 Å². The largest absolute Gasteiger partial charge is 0.487 e. The minimum absolute atomic E-state index is 0.192. The van der Waals surface area contributed by atoms with E-state index in [1.54, 1.807) is 0 Å². The number of ether oxygens (including phenoxy) is 1. The lowest BCUT2D eigenvalue weighted by molar-refractivity contribution is 0.0694. The summed E-state index contributed by atoms with van der Waals surface area (Å²) in [4.78, 5) is 7.33. The molecule has 5 nitrogen and oxygen atoms in total. The van der Waals surface area contributed by atoms with Gasteiger partial charge >= 0.3 is 0 Å². The first-order valence-corrected chi connectivity index (χ1v) is 9.94. The summed E-state index contributed by atoms with van der Waals surface area (Å²) in [7, 11) is 2.22. The van der Waals surface area contributed by atoms with Crippen LogP contribution in [-0.2, 0) is 0 Å². The molecule has 1 aliphatic heterocycles. The molecule has 2 aliphatic rings. The third-order valence-electron chi connectivity index (χ3n) is 5.36. The molecule has 144 valence electrons. The van der Waals surface area contributed by atoms with Gasteiger partial charge in [-0.3, -0.25) is 9.89 Å². The van der Waals surface area contributed by atoms with Gasteiger partial charge in [-0.15, -0.1) is 0 Å². The predicted molar refractivity (Wildman–Crippen MR) is 108 cm³/mol. The van der Waals surface area contributed by atoms with Crippen LogP contribution in [0.15, 0.2) is 29.3 Å². The Kier molecular flexibility index (Phi) is 5.76. The van der Waals surface area contributed by atoms with Gasteiger partial charge in [-0.2, -0.15) is 0 Å². The fourth-order valence-electron chi connectivity index (χ4n) is 3.61.